The number of rotatable bonds is 5. The Morgan fingerprint density at radius 2 is 1.79 bits per heavy atom. The summed E-state index contributed by atoms with van der Waals surface area (Å²) in [5, 5.41) is 11.9. The third kappa shape index (κ3) is 3.95. The van der Waals surface area contributed by atoms with Crippen molar-refractivity contribution in [2.24, 2.45) is 0 Å². The molecule has 0 aromatic rings. The Balaban J connectivity index is 2.74. The summed E-state index contributed by atoms with van der Waals surface area (Å²) in [6, 6.07) is 0.524. The lowest BCUT2D eigenvalue weighted by atomic mass is 9.78. The van der Waals surface area contributed by atoms with Gasteiger partial charge in [0.15, 0.2) is 0 Å². The van der Waals surface area contributed by atoms with Gasteiger partial charge in [-0.3, -0.25) is 0 Å². The Morgan fingerprint density at radius 1 is 1.26 bits per heavy atom. The first-order chi connectivity index (χ1) is 8.74. The highest BCUT2D eigenvalue weighted by atomic mass is 16.5. The molecule has 0 aromatic carbocycles. The van der Waals surface area contributed by atoms with Crippen LogP contribution in [0.3, 0.4) is 0 Å². The lowest BCUT2D eigenvalue weighted by molar-refractivity contribution is -0.252. The third-order valence-corrected chi connectivity index (χ3v) is 4.31. The Morgan fingerprint density at radius 3 is 2.21 bits per heavy atom. The van der Waals surface area contributed by atoms with E-state index < -0.39 is 0 Å². The van der Waals surface area contributed by atoms with Crippen LogP contribution in [0.4, 0.5) is 0 Å². The molecular weight excluding hydrogens is 236 g/mol. The zero-order valence-electron chi connectivity index (χ0n) is 13.2. The van der Waals surface area contributed by atoms with Crippen molar-refractivity contribution in [1.82, 2.24) is 9.96 Å². The Bertz CT molecular complexity index is 312. The zero-order valence-corrected chi connectivity index (χ0v) is 13.2. The van der Waals surface area contributed by atoms with Crippen LogP contribution in [0.5, 0.6) is 0 Å². The van der Waals surface area contributed by atoms with Crippen molar-refractivity contribution in [2.45, 2.75) is 77.4 Å². The fraction of sp³-hybridized carbons (Fsp3) is 0.875. The van der Waals surface area contributed by atoms with Gasteiger partial charge >= 0.3 is 0 Å². The summed E-state index contributed by atoms with van der Waals surface area (Å²) >= 11 is 0. The van der Waals surface area contributed by atoms with Crippen LogP contribution in [-0.2, 0) is 0 Å². The summed E-state index contributed by atoms with van der Waals surface area (Å²) in [4.78, 5) is 2.52. The van der Waals surface area contributed by atoms with Gasteiger partial charge in [0.05, 0.1) is 0 Å². The molecule has 0 saturated carbocycles. The van der Waals surface area contributed by atoms with Gasteiger partial charge in [-0.15, -0.1) is 12.3 Å². The normalized spacial score (nSPS) is 23.5. The summed E-state index contributed by atoms with van der Waals surface area (Å²) in [6.45, 7) is 12.8. The van der Waals surface area contributed by atoms with E-state index in [1.54, 1.807) is 5.06 Å². The molecule has 19 heavy (non-hydrogen) atoms. The summed E-state index contributed by atoms with van der Waals surface area (Å²) in [5.41, 5.74) is -0.349. The van der Waals surface area contributed by atoms with Crippen molar-refractivity contribution in [3.63, 3.8) is 0 Å². The number of terminal acetylenes is 1. The van der Waals surface area contributed by atoms with E-state index >= 15 is 0 Å². The van der Waals surface area contributed by atoms with Gasteiger partial charge in [0.1, 0.15) is 0 Å². The molecule has 0 bridgehead atoms. The van der Waals surface area contributed by atoms with E-state index in [-0.39, 0.29) is 11.1 Å². The number of piperidine rings is 1. The molecular formula is C16H30N2O. The predicted octanol–water partition coefficient (Wildman–Crippen LogP) is 3.13. The number of hydroxylamine groups is 2. The fourth-order valence-electron chi connectivity index (χ4n) is 3.46. The first kappa shape index (κ1) is 16.5. The maximum absolute atomic E-state index is 10.3. The largest absolute Gasteiger partial charge is 0.313 e. The number of nitrogens with zero attached hydrogens (tertiary/aromatic N) is 2. The molecule has 110 valence electrons. The molecule has 3 heteroatoms. The van der Waals surface area contributed by atoms with Gasteiger partial charge in [-0.1, -0.05) is 6.92 Å². The lowest BCUT2D eigenvalue weighted by Crippen LogP contribution is -2.63. The highest BCUT2D eigenvalue weighted by Gasteiger charge is 2.46. The predicted molar refractivity (Wildman–Crippen MR) is 80.1 cm³/mol. The molecule has 0 amide bonds. The molecule has 1 fully saturated rings. The van der Waals surface area contributed by atoms with Crippen LogP contribution in [0.1, 0.15) is 60.3 Å². The Labute approximate surface area is 118 Å². The second-order valence-corrected chi connectivity index (χ2v) is 6.94. The second-order valence-electron chi connectivity index (χ2n) is 6.94. The van der Waals surface area contributed by atoms with Crippen LogP contribution in [0, 0.1) is 12.3 Å². The molecule has 1 heterocycles. The van der Waals surface area contributed by atoms with Crippen LogP contribution in [0.15, 0.2) is 0 Å². The van der Waals surface area contributed by atoms with E-state index in [4.69, 9.17) is 6.42 Å². The zero-order chi connectivity index (χ0) is 14.7. The monoisotopic (exact) mass is 266 g/mol. The molecule has 3 nitrogen and oxygen atoms in total. The van der Waals surface area contributed by atoms with Crippen LogP contribution < -0.4 is 0 Å². The summed E-state index contributed by atoms with van der Waals surface area (Å²) < 4.78 is 0. The maximum atomic E-state index is 10.3. The third-order valence-electron chi connectivity index (χ3n) is 4.31. The second kappa shape index (κ2) is 6.26. The minimum atomic E-state index is -0.175. The van der Waals surface area contributed by atoms with Crippen LogP contribution in [0.25, 0.3) is 0 Å². The molecule has 1 N–H and O–H groups in total. The minimum absolute atomic E-state index is 0.175. The van der Waals surface area contributed by atoms with Crippen LogP contribution in [-0.4, -0.2) is 45.4 Å². The van der Waals surface area contributed by atoms with Crippen molar-refractivity contribution in [3.8, 4) is 12.3 Å². The molecule has 0 aliphatic carbocycles. The number of hydrogen-bond donors (Lipinski definition) is 1. The molecule has 1 aliphatic rings. The lowest BCUT2D eigenvalue weighted by Gasteiger charge is -2.53. The van der Waals surface area contributed by atoms with E-state index in [2.05, 4.69) is 45.4 Å². The molecule has 1 saturated heterocycles. The van der Waals surface area contributed by atoms with Crippen molar-refractivity contribution >= 4 is 0 Å². The molecule has 0 radical (unpaired) electrons. The Hall–Kier alpha value is -0.560. The van der Waals surface area contributed by atoms with Gasteiger partial charge in [-0.2, -0.15) is 5.06 Å². The van der Waals surface area contributed by atoms with E-state index in [0.717, 1.165) is 38.8 Å². The van der Waals surface area contributed by atoms with E-state index in [9.17, 15) is 5.21 Å². The van der Waals surface area contributed by atoms with Gasteiger partial charge in [0.25, 0.3) is 0 Å². The van der Waals surface area contributed by atoms with Crippen LogP contribution in [0.2, 0.25) is 0 Å². The smallest absolute Gasteiger partial charge is 0.0425 e. The average Bonchev–Trinajstić information content (AvgIpc) is 2.31. The molecule has 1 rings (SSSR count). The summed E-state index contributed by atoms with van der Waals surface area (Å²) in [7, 11) is 0. The number of unbranched alkanes of at least 4 members (excludes halogenated alkanes) is 1. The quantitative estimate of drug-likeness (QED) is 0.612. The van der Waals surface area contributed by atoms with E-state index in [0.29, 0.717) is 6.04 Å². The molecule has 0 atom stereocenters. The topological polar surface area (TPSA) is 26.7 Å². The minimum Gasteiger partial charge on any atom is -0.313 e. The molecule has 1 aliphatic heterocycles. The highest BCUT2D eigenvalue weighted by molar-refractivity contribution is 4.99. The van der Waals surface area contributed by atoms with E-state index in [1.165, 1.54) is 0 Å². The molecule has 0 unspecified atom stereocenters. The molecule has 0 spiro atoms. The molecule has 0 aromatic heterocycles. The Kier molecular flexibility index (Phi) is 5.43. The van der Waals surface area contributed by atoms with Gasteiger partial charge in [-0.25, -0.2) is 0 Å². The maximum Gasteiger partial charge on any atom is 0.0425 e. The SMILES string of the molecule is C#CCCCN(CC)C1CC(C)(C)N(O)C(C)(C)C1. The standard InChI is InChI=1S/C16H30N2O/c1-7-9-10-11-17(8-2)14-12-15(3,4)18(19)16(5,6)13-14/h1,14,19H,8-13H2,2-6H3. The van der Waals surface area contributed by atoms with Crippen molar-refractivity contribution in [1.29, 1.82) is 0 Å². The van der Waals surface area contributed by atoms with Gasteiger partial charge < -0.3 is 10.1 Å². The number of hydrogen-bond acceptors (Lipinski definition) is 3. The van der Waals surface area contributed by atoms with E-state index in [1.807, 2.05) is 0 Å². The fourth-order valence-corrected chi connectivity index (χ4v) is 3.46. The summed E-state index contributed by atoms with van der Waals surface area (Å²) in [5.74, 6) is 2.71. The van der Waals surface area contributed by atoms with Gasteiger partial charge in [0.2, 0.25) is 0 Å². The first-order valence-electron chi connectivity index (χ1n) is 7.41. The average molecular weight is 266 g/mol. The first-order valence-corrected chi connectivity index (χ1v) is 7.41. The van der Waals surface area contributed by atoms with Gasteiger partial charge in [-0.05, 0) is 60.0 Å². The van der Waals surface area contributed by atoms with Crippen molar-refractivity contribution < 1.29 is 5.21 Å². The van der Waals surface area contributed by atoms with Gasteiger partial charge in [0, 0.05) is 23.5 Å². The van der Waals surface area contributed by atoms with Crippen molar-refractivity contribution in [3.05, 3.63) is 0 Å². The highest BCUT2D eigenvalue weighted by Crippen LogP contribution is 2.38. The van der Waals surface area contributed by atoms with Crippen LogP contribution >= 0.6 is 0 Å². The summed E-state index contributed by atoms with van der Waals surface area (Å²) in [6.07, 6.45) is 9.23. The van der Waals surface area contributed by atoms with Crippen molar-refractivity contribution in [2.75, 3.05) is 13.1 Å².